The van der Waals surface area contributed by atoms with Crippen molar-refractivity contribution in [3.05, 3.63) is 40.5 Å². The maximum atomic E-state index is 5.94. The van der Waals surface area contributed by atoms with Crippen molar-refractivity contribution >= 4 is 26.8 Å². The highest BCUT2D eigenvalue weighted by Crippen LogP contribution is 2.39. The summed E-state index contributed by atoms with van der Waals surface area (Å²) in [6, 6.07) is 8.79. The second-order valence-electron chi connectivity index (χ2n) is 5.25. The van der Waals surface area contributed by atoms with Crippen LogP contribution in [0.5, 0.6) is 0 Å². The molecule has 0 bridgehead atoms. The molecule has 2 heterocycles. The van der Waals surface area contributed by atoms with E-state index in [-0.39, 0.29) is 0 Å². The predicted octanol–water partition coefficient (Wildman–Crippen LogP) is 2.95. The molecule has 2 unspecified atom stereocenters. The van der Waals surface area contributed by atoms with Gasteiger partial charge in [0.15, 0.2) is 0 Å². The van der Waals surface area contributed by atoms with E-state index in [1.807, 2.05) is 12.3 Å². The van der Waals surface area contributed by atoms with E-state index in [0.717, 1.165) is 23.1 Å². The minimum atomic E-state index is 0.385. The van der Waals surface area contributed by atoms with Crippen LogP contribution in [0.4, 0.5) is 0 Å². The van der Waals surface area contributed by atoms with Gasteiger partial charge in [0.1, 0.15) is 0 Å². The quantitative estimate of drug-likeness (QED) is 0.925. The highest BCUT2D eigenvalue weighted by molar-refractivity contribution is 9.10. The van der Waals surface area contributed by atoms with Crippen LogP contribution in [0.25, 0.3) is 10.9 Å². The number of halogens is 1. The van der Waals surface area contributed by atoms with E-state index in [4.69, 9.17) is 5.73 Å². The number of benzene rings is 1. The van der Waals surface area contributed by atoms with E-state index >= 15 is 0 Å². The van der Waals surface area contributed by atoms with Crippen LogP contribution in [0.1, 0.15) is 18.0 Å². The number of hydrogen-bond acceptors (Lipinski definition) is 3. The lowest BCUT2D eigenvalue weighted by Gasteiger charge is -2.25. The van der Waals surface area contributed by atoms with Crippen LogP contribution < -0.4 is 5.73 Å². The number of nitrogens with zero attached hydrogens (tertiary/aromatic N) is 2. The Morgan fingerprint density at radius 2 is 2.26 bits per heavy atom. The number of fused-ring (bicyclic) bond motifs is 1. The van der Waals surface area contributed by atoms with Gasteiger partial charge in [-0.1, -0.05) is 28.1 Å². The predicted molar refractivity (Wildman–Crippen MR) is 82.0 cm³/mol. The SMILES string of the molecule is CN1CCC(CN)C1c1ccc(Br)c2cccnc12. The molecule has 1 aromatic heterocycles. The van der Waals surface area contributed by atoms with E-state index in [0.29, 0.717) is 12.0 Å². The van der Waals surface area contributed by atoms with Crippen molar-refractivity contribution in [2.75, 3.05) is 20.1 Å². The minimum absolute atomic E-state index is 0.385. The average Bonchev–Trinajstić information content (AvgIpc) is 2.81. The summed E-state index contributed by atoms with van der Waals surface area (Å²) in [7, 11) is 2.18. The number of nitrogens with two attached hydrogens (primary N) is 1. The standard InChI is InChI=1S/C15H18BrN3/c1-19-8-6-10(9-17)15(19)12-4-5-13(16)11-3-2-7-18-14(11)12/h2-5,7,10,15H,6,8-9,17H2,1H3. The van der Waals surface area contributed by atoms with Gasteiger partial charge in [-0.3, -0.25) is 9.88 Å². The van der Waals surface area contributed by atoms with Crippen LogP contribution >= 0.6 is 15.9 Å². The van der Waals surface area contributed by atoms with E-state index in [2.05, 4.69) is 51.1 Å². The Bertz CT molecular complexity index is 599. The van der Waals surface area contributed by atoms with Crippen molar-refractivity contribution in [2.45, 2.75) is 12.5 Å². The fourth-order valence-electron chi connectivity index (χ4n) is 3.16. The van der Waals surface area contributed by atoms with Crippen molar-refractivity contribution < 1.29 is 0 Å². The van der Waals surface area contributed by atoms with Crippen molar-refractivity contribution in [2.24, 2.45) is 11.7 Å². The largest absolute Gasteiger partial charge is 0.330 e. The van der Waals surface area contributed by atoms with Gasteiger partial charge in [-0.25, -0.2) is 0 Å². The fraction of sp³-hybridized carbons (Fsp3) is 0.400. The zero-order chi connectivity index (χ0) is 13.4. The number of aromatic nitrogens is 1. The van der Waals surface area contributed by atoms with Crippen molar-refractivity contribution in [1.29, 1.82) is 0 Å². The Balaban J connectivity index is 2.17. The Morgan fingerprint density at radius 1 is 1.42 bits per heavy atom. The Hall–Kier alpha value is -0.970. The first-order valence-electron chi connectivity index (χ1n) is 6.66. The molecule has 0 amide bonds. The maximum absolute atomic E-state index is 5.94. The van der Waals surface area contributed by atoms with Gasteiger partial charge in [-0.15, -0.1) is 0 Å². The van der Waals surface area contributed by atoms with Crippen LogP contribution in [0, 0.1) is 5.92 Å². The van der Waals surface area contributed by atoms with Crippen LogP contribution in [-0.2, 0) is 0 Å². The first-order valence-corrected chi connectivity index (χ1v) is 7.45. The van der Waals surface area contributed by atoms with Crippen molar-refractivity contribution in [3.63, 3.8) is 0 Å². The zero-order valence-electron chi connectivity index (χ0n) is 11.0. The smallest absolute Gasteiger partial charge is 0.0761 e. The summed E-state index contributed by atoms with van der Waals surface area (Å²) in [6.07, 6.45) is 3.03. The molecule has 2 N–H and O–H groups in total. The van der Waals surface area contributed by atoms with Gasteiger partial charge in [0, 0.05) is 22.1 Å². The summed E-state index contributed by atoms with van der Waals surface area (Å²) in [5.74, 6) is 0.524. The molecule has 1 aliphatic rings. The second-order valence-corrected chi connectivity index (χ2v) is 6.10. The lowest BCUT2D eigenvalue weighted by Crippen LogP contribution is -2.25. The third kappa shape index (κ3) is 2.18. The topological polar surface area (TPSA) is 42.1 Å². The first kappa shape index (κ1) is 13.0. The molecule has 0 aliphatic carbocycles. The van der Waals surface area contributed by atoms with Gasteiger partial charge >= 0.3 is 0 Å². The van der Waals surface area contributed by atoms with Gasteiger partial charge in [0.05, 0.1) is 5.52 Å². The molecule has 1 aromatic carbocycles. The van der Waals surface area contributed by atoms with Crippen LogP contribution in [0.15, 0.2) is 34.9 Å². The van der Waals surface area contributed by atoms with Gasteiger partial charge in [0.2, 0.25) is 0 Å². The van der Waals surface area contributed by atoms with Gasteiger partial charge in [0.25, 0.3) is 0 Å². The zero-order valence-corrected chi connectivity index (χ0v) is 12.6. The van der Waals surface area contributed by atoms with E-state index < -0.39 is 0 Å². The molecular formula is C15H18BrN3. The summed E-state index contributed by atoms with van der Waals surface area (Å²) in [5.41, 5.74) is 8.33. The highest BCUT2D eigenvalue weighted by atomic mass is 79.9. The Morgan fingerprint density at radius 3 is 3.05 bits per heavy atom. The molecule has 1 aliphatic heterocycles. The lowest BCUT2D eigenvalue weighted by atomic mass is 9.92. The molecule has 0 saturated carbocycles. The molecule has 3 nitrogen and oxygen atoms in total. The molecule has 0 radical (unpaired) electrons. The van der Waals surface area contributed by atoms with E-state index in [9.17, 15) is 0 Å². The Labute approximate surface area is 121 Å². The highest BCUT2D eigenvalue weighted by Gasteiger charge is 2.33. The van der Waals surface area contributed by atoms with Crippen LogP contribution in [-0.4, -0.2) is 30.0 Å². The number of likely N-dealkylation sites (tertiary alicyclic amines) is 1. The molecule has 2 aromatic rings. The number of pyridine rings is 1. The molecule has 2 atom stereocenters. The summed E-state index contributed by atoms with van der Waals surface area (Å²) < 4.78 is 1.10. The summed E-state index contributed by atoms with van der Waals surface area (Å²) in [5, 5.41) is 1.18. The lowest BCUT2D eigenvalue weighted by molar-refractivity contribution is 0.281. The molecule has 19 heavy (non-hydrogen) atoms. The fourth-order valence-corrected chi connectivity index (χ4v) is 3.61. The van der Waals surface area contributed by atoms with E-state index in [1.165, 1.54) is 17.4 Å². The monoisotopic (exact) mass is 319 g/mol. The van der Waals surface area contributed by atoms with Crippen LogP contribution in [0.2, 0.25) is 0 Å². The van der Waals surface area contributed by atoms with Gasteiger partial charge in [-0.2, -0.15) is 0 Å². The molecule has 3 rings (SSSR count). The molecular weight excluding hydrogens is 302 g/mol. The van der Waals surface area contributed by atoms with Crippen LogP contribution in [0.3, 0.4) is 0 Å². The third-order valence-electron chi connectivity index (χ3n) is 4.14. The normalized spacial score (nSPS) is 24.2. The molecule has 100 valence electrons. The summed E-state index contributed by atoms with van der Waals surface area (Å²) in [4.78, 5) is 6.99. The first-order chi connectivity index (χ1) is 9.22. The van der Waals surface area contributed by atoms with Gasteiger partial charge < -0.3 is 5.73 Å². The van der Waals surface area contributed by atoms with Gasteiger partial charge in [-0.05, 0) is 50.2 Å². The van der Waals surface area contributed by atoms with E-state index in [1.54, 1.807) is 0 Å². The maximum Gasteiger partial charge on any atom is 0.0761 e. The minimum Gasteiger partial charge on any atom is -0.330 e. The molecule has 4 heteroatoms. The van der Waals surface area contributed by atoms with Crippen molar-refractivity contribution in [1.82, 2.24) is 9.88 Å². The number of rotatable bonds is 2. The summed E-state index contributed by atoms with van der Waals surface area (Å²) in [6.45, 7) is 1.84. The average molecular weight is 320 g/mol. The third-order valence-corrected chi connectivity index (χ3v) is 4.83. The Kier molecular flexibility index (Phi) is 3.56. The second kappa shape index (κ2) is 5.19. The number of hydrogen-bond donors (Lipinski definition) is 1. The molecule has 1 saturated heterocycles. The summed E-state index contributed by atoms with van der Waals surface area (Å²) >= 11 is 3.61. The molecule has 0 spiro atoms. The molecule has 1 fully saturated rings. The van der Waals surface area contributed by atoms with Crippen molar-refractivity contribution in [3.8, 4) is 0 Å².